The minimum absolute atomic E-state index is 0.752. The molecule has 1 unspecified atom stereocenters. The molecule has 2 rings (SSSR count). The maximum absolute atomic E-state index is 2.30. The zero-order chi connectivity index (χ0) is 14.8. The van der Waals surface area contributed by atoms with Gasteiger partial charge >= 0.3 is 0 Å². The molecular formula is C21H28. The Balaban J connectivity index is 1.79. The van der Waals surface area contributed by atoms with Gasteiger partial charge in [-0.2, -0.15) is 0 Å². The van der Waals surface area contributed by atoms with Gasteiger partial charge < -0.3 is 0 Å². The highest BCUT2D eigenvalue weighted by molar-refractivity contribution is 5.19. The van der Waals surface area contributed by atoms with Crippen LogP contribution in [-0.4, -0.2) is 0 Å². The molecule has 0 aliphatic heterocycles. The molecule has 2 aromatic carbocycles. The van der Waals surface area contributed by atoms with E-state index in [9.17, 15) is 0 Å². The lowest BCUT2D eigenvalue weighted by Gasteiger charge is -2.17. The number of unbranched alkanes of at least 4 members (excludes halogenated alkanes) is 2. The molecule has 0 bridgehead atoms. The summed E-state index contributed by atoms with van der Waals surface area (Å²) in [6.07, 6.45) is 9.17. The van der Waals surface area contributed by atoms with Gasteiger partial charge in [0.15, 0.2) is 0 Å². The third kappa shape index (κ3) is 5.75. The van der Waals surface area contributed by atoms with Crippen LogP contribution in [0.3, 0.4) is 0 Å². The van der Waals surface area contributed by atoms with Crippen LogP contribution < -0.4 is 0 Å². The summed E-state index contributed by atoms with van der Waals surface area (Å²) in [5.74, 6) is 0.752. The van der Waals surface area contributed by atoms with E-state index in [-0.39, 0.29) is 0 Å². The minimum Gasteiger partial charge on any atom is -0.0654 e. The van der Waals surface area contributed by atoms with Crippen LogP contribution in [0.4, 0.5) is 0 Å². The first-order valence-electron chi connectivity index (χ1n) is 8.49. The van der Waals surface area contributed by atoms with Gasteiger partial charge in [-0.15, -0.1) is 0 Å². The number of benzene rings is 2. The van der Waals surface area contributed by atoms with Crippen molar-refractivity contribution in [2.75, 3.05) is 0 Å². The lowest BCUT2D eigenvalue weighted by atomic mass is 9.88. The van der Waals surface area contributed by atoms with E-state index in [1.54, 1.807) is 0 Å². The van der Waals surface area contributed by atoms with Crippen molar-refractivity contribution >= 4 is 0 Å². The van der Waals surface area contributed by atoms with Gasteiger partial charge in [-0.05, 0) is 42.7 Å². The van der Waals surface area contributed by atoms with E-state index >= 15 is 0 Å². The summed E-state index contributed by atoms with van der Waals surface area (Å²) >= 11 is 0. The van der Waals surface area contributed by atoms with Gasteiger partial charge in [-0.1, -0.05) is 86.8 Å². The summed E-state index contributed by atoms with van der Waals surface area (Å²) in [7, 11) is 0. The molecule has 0 heteroatoms. The lowest BCUT2D eigenvalue weighted by molar-refractivity contribution is 0.517. The lowest BCUT2D eigenvalue weighted by Crippen LogP contribution is -1.99. The maximum Gasteiger partial charge on any atom is -0.0162 e. The average molecular weight is 280 g/mol. The summed E-state index contributed by atoms with van der Waals surface area (Å²) in [6, 6.07) is 21.9. The number of hydrogen-bond acceptors (Lipinski definition) is 0. The second-order valence-corrected chi connectivity index (χ2v) is 5.98. The molecule has 2 aromatic rings. The van der Waals surface area contributed by atoms with Crippen LogP contribution in [0.25, 0.3) is 0 Å². The van der Waals surface area contributed by atoms with Gasteiger partial charge in [0.1, 0.15) is 0 Å². The monoisotopic (exact) mass is 280 g/mol. The van der Waals surface area contributed by atoms with Crippen LogP contribution in [0.2, 0.25) is 0 Å². The third-order valence-corrected chi connectivity index (χ3v) is 4.29. The van der Waals surface area contributed by atoms with E-state index in [0.29, 0.717) is 0 Å². The molecule has 1 atom stereocenters. The fourth-order valence-electron chi connectivity index (χ4n) is 3.02. The largest absolute Gasteiger partial charge is 0.0654 e. The van der Waals surface area contributed by atoms with Crippen LogP contribution in [0.5, 0.6) is 0 Å². The molecule has 0 nitrogen and oxygen atoms in total. The Morgan fingerprint density at radius 3 is 2.00 bits per heavy atom. The Labute approximate surface area is 130 Å². The van der Waals surface area contributed by atoms with Crippen LogP contribution >= 0.6 is 0 Å². The van der Waals surface area contributed by atoms with Crippen LogP contribution in [0, 0.1) is 0 Å². The molecule has 0 fully saturated rings. The Kier molecular flexibility index (Phi) is 7.07. The molecule has 112 valence electrons. The Morgan fingerprint density at radius 1 is 0.714 bits per heavy atom. The number of hydrogen-bond donors (Lipinski definition) is 0. The molecule has 0 N–H and O–H groups in total. The van der Waals surface area contributed by atoms with E-state index in [1.807, 2.05) is 0 Å². The predicted molar refractivity (Wildman–Crippen MR) is 92.7 cm³/mol. The highest BCUT2D eigenvalue weighted by atomic mass is 14.1. The van der Waals surface area contributed by atoms with Crippen molar-refractivity contribution in [1.82, 2.24) is 0 Å². The smallest absolute Gasteiger partial charge is 0.0162 e. The molecule has 0 amide bonds. The zero-order valence-corrected chi connectivity index (χ0v) is 13.3. The van der Waals surface area contributed by atoms with E-state index in [1.165, 1.54) is 56.1 Å². The highest BCUT2D eigenvalue weighted by Crippen LogP contribution is 2.27. The van der Waals surface area contributed by atoms with Crippen LogP contribution in [0.15, 0.2) is 60.7 Å². The van der Waals surface area contributed by atoms with Gasteiger partial charge in [0.05, 0.1) is 0 Å². The van der Waals surface area contributed by atoms with Gasteiger partial charge in [0.25, 0.3) is 0 Å². The molecule has 0 aliphatic carbocycles. The first-order valence-corrected chi connectivity index (χ1v) is 8.49. The molecule has 0 saturated carbocycles. The molecule has 0 spiro atoms. The summed E-state index contributed by atoms with van der Waals surface area (Å²) < 4.78 is 0. The second kappa shape index (κ2) is 9.39. The zero-order valence-electron chi connectivity index (χ0n) is 13.3. The van der Waals surface area contributed by atoms with Gasteiger partial charge in [0, 0.05) is 0 Å². The summed E-state index contributed by atoms with van der Waals surface area (Å²) in [4.78, 5) is 0. The molecule has 0 heterocycles. The Bertz CT molecular complexity index is 472. The van der Waals surface area contributed by atoms with Crippen molar-refractivity contribution in [3.05, 3.63) is 71.8 Å². The van der Waals surface area contributed by atoms with Crippen molar-refractivity contribution in [3.63, 3.8) is 0 Å². The standard InChI is InChI=1S/C21H28/c1-2-3-15-20(21-16-8-5-9-17-21)18-11-10-14-19-12-6-4-7-13-19/h4-9,12-13,16-17,20H,2-3,10-11,14-15,18H2,1H3. The van der Waals surface area contributed by atoms with Gasteiger partial charge in [-0.3, -0.25) is 0 Å². The van der Waals surface area contributed by atoms with Crippen molar-refractivity contribution in [2.24, 2.45) is 0 Å². The number of aryl methyl sites for hydroxylation is 1. The van der Waals surface area contributed by atoms with Crippen LogP contribution in [-0.2, 0) is 6.42 Å². The highest BCUT2D eigenvalue weighted by Gasteiger charge is 2.10. The fraction of sp³-hybridized carbons (Fsp3) is 0.429. The van der Waals surface area contributed by atoms with Crippen molar-refractivity contribution < 1.29 is 0 Å². The topological polar surface area (TPSA) is 0 Å². The van der Waals surface area contributed by atoms with Crippen LogP contribution in [0.1, 0.15) is 62.5 Å². The first-order chi connectivity index (χ1) is 10.4. The first kappa shape index (κ1) is 15.8. The predicted octanol–water partition coefficient (Wildman–Crippen LogP) is 6.37. The SMILES string of the molecule is CCCCC(CCCCc1ccccc1)c1ccccc1. The van der Waals surface area contributed by atoms with Crippen molar-refractivity contribution in [2.45, 2.75) is 57.8 Å². The van der Waals surface area contributed by atoms with E-state index < -0.39 is 0 Å². The maximum atomic E-state index is 2.30. The second-order valence-electron chi connectivity index (χ2n) is 5.98. The average Bonchev–Trinajstić information content (AvgIpc) is 2.56. The molecule has 21 heavy (non-hydrogen) atoms. The molecule has 0 aliphatic rings. The molecular weight excluding hydrogens is 252 g/mol. The van der Waals surface area contributed by atoms with E-state index in [0.717, 1.165) is 5.92 Å². The molecule has 0 radical (unpaired) electrons. The van der Waals surface area contributed by atoms with Crippen molar-refractivity contribution in [3.8, 4) is 0 Å². The summed E-state index contributed by atoms with van der Waals surface area (Å²) in [5.41, 5.74) is 3.01. The molecule has 0 aromatic heterocycles. The molecule has 0 saturated heterocycles. The Hall–Kier alpha value is -1.56. The van der Waals surface area contributed by atoms with Gasteiger partial charge in [-0.25, -0.2) is 0 Å². The summed E-state index contributed by atoms with van der Waals surface area (Å²) in [6.45, 7) is 2.29. The Morgan fingerprint density at radius 2 is 1.33 bits per heavy atom. The normalized spacial score (nSPS) is 12.2. The number of rotatable bonds is 9. The van der Waals surface area contributed by atoms with Crippen molar-refractivity contribution in [1.29, 1.82) is 0 Å². The van der Waals surface area contributed by atoms with E-state index in [2.05, 4.69) is 67.6 Å². The fourth-order valence-corrected chi connectivity index (χ4v) is 3.02. The van der Waals surface area contributed by atoms with Gasteiger partial charge in [0.2, 0.25) is 0 Å². The minimum atomic E-state index is 0.752. The quantitative estimate of drug-likeness (QED) is 0.468. The van der Waals surface area contributed by atoms with E-state index in [4.69, 9.17) is 0 Å². The third-order valence-electron chi connectivity index (χ3n) is 4.29. The summed E-state index contributed by atoms with van der Waals surface area (Å²) in [5, 5.41) is 0.